The fourth-order valence-electron chi connectivity index (χ4n) is 2.43. The molecular weight excluding hydrogens is 318 g/mol. The Morgan fingerprint density at radius 1 is 1.35 bits per heavy atom. The quantitative estimate of drug-likeness (QED) is 0.618. The maximum Gasteiger partial charge on any atom is 0.0696 e. The molecule has 0 aliphatic carbocycles. The largest absolute Gasteiger partial charge is 0.383 e. The lowest BCUT2D eigenvalue weighted by Crippen LogP contribution is -2.25. The van der Waals surface area contributed by atoms with E-state index in [0.29, 0.717) is 12.6 Å². The van der Waals surface area contributed by atoms with Gasteiger partial charge in [-0.2, -0.15) is 5.10 Å². The van der Waals surface area contributed by atoms with Gasteiger partial charge < -0.3 is 10.1 Å². The second-order valence-electron chi connectivity index (χ2n) is 5.05. The van der Waals surface area contributed by atoms with Crippen molar-refractivity contribution in [2.75, 3.05) is 20.3 Å². The number of unbranched alkanes of at least 4 members (excludes halogenated alkanes) is 3. The second kappa shape index (κ2) is 10.4. The SMILES string of the molecule is CCCCCCC(NCC)c1c(Br)cnn1CCOC. The number of ether oxygens (including phenoxy) is 1. The smallest absolute Gasteiger partial charge is 0.0696 e. The highest BCUT2D eigenvalue weighted by Gasteiger charge is 2.18. The van der Waals surface area contributed by atoms with Crippen molar-refractivity contribution < 1.29 is 4.74 Å². The summed E-state index contributed by atoms with van der Waals surface area (Å²) in [6, 6.07) is 0.366. The van der Waals surface area contributed by atoms with Crippen LogP contribution in [-0.4, -0.2) is 30.0 Å². The first-order valence-corrected chi connectivity index (χ1v) is 8.47. The Hall–Kier alpha value is -0.390. The first kappa shape index (κ1) is 17.7. The summed E-state index contributed by atoms with van der Waals surface area (Å²) >= 11 is 3.64. The normalized spacial score (nSPS) is 12.8. The maximum atomic E-state index is 5.17. The first-order chi connectivity index (χ1) is 9.74. The van der Waals surface area contributed by atoms with Gasteiger partial charge in [-0.3, -0.25) is 4.68 Å². The molecule has 20 heavy (non-hydrogen) atoms. The molecule has 1 N–H and O–H groups in total. The van der Waals surface area contributed by atoms with Crippen LogP contribution >= 0.6 is 15.9 Å². The molecule has 1 aromatic heterocycles. The van der Waals surface area contributed by atoms with Crippen LogP contribution < -0.4 is 5.32 Å². The Labute approximate surface area is 131 Å². The van der Waals surface area contributed by atoms with Gasteiger partial charge in [0.05, 0.1) is 35.6 Å². The topological polar surface area (TPSA) is 39.1 Å². The Kier molecular flexibility index (Phi) is 9.14. The molecule has 0 aliphatic rings. The highest BCUT2D eigenvalue weighted by molar-refractivity contribution is 9.10. The van der Waals surface area contributed by atoms with E-state index >= 15 is 0 Å². The summed E-state index contributed by atoms with van der Waals surface area (Å²) in [6.07, 6.45) is 8.21. The number of hydrogen-bond donors (Lipinski definition) is 1. The first-order valence-electron chi connectivity index (χ1n) is 7.68. The second-order valence-corrected chi connectivity index (χ2v) is 5.91. The summed E-state index contributed by atoms with van der Waals surface area (Å²) < 4.78 is 8.32. The summed E-state index contributed by atoms with van der Waals surface area (Å²) in [5, 5.41) is 8.04. The van der Waals surface area contributed by atoms with E-state index in [-0.39, 0.29) is 0 Å². The van der Waals surface area contributed by atoms with E-state index in [2.05, 4.69) is 44.9 Å². The maximum absolute atomic E-state index is 5.17. The molecule has 5 heteroatoms. The van der Waals surface area contributed by atoms with Crippen molar-refractivity contribution in [1.82, 2.24) is 15.1 Å². The summed E-state index contributed by atoms with van der Waals surface area (Å²) in [4.78, 5) is 0. The molecule has 0 aliphatic heterocycles. The van der Waals surface area contributed by atoms with E-state index in [1.54, 1.807) is 7.11 Å². The molecule has 0 bridgehead atoms. The molecule has 1 unspecified atom stereocenters. The van der Waals surface area contributed by atoms with Crippen molar-refractivity contribution in [3.63, 3.8) is 0 Å². The van der Waals surface area contributed by atoms with Gasteiger partial charge in [0.1, 0.15) is 0 Å². The molecule has 4 nitrogen and oxygen atoms in total. The fourth-order valence-corrected chi connectivity index (χ4v) is 3.00. The van der Waals surface area contributed by atoms with Crippen LogP contribution in [0.5, 0.6) is 0 Å². The zero-order chi connectivity index (χ0) is 14.8. The summed E-state index contributed by atoms with van der Waals surface area (Å²) in [5.41, 5.74) is 1.25. The van der Waals surface area contributed by atoms with Crippen LogP contribution in [0.25, 0.3) is 0 Å². The minimum absolute atomic E-state index is 0.366. The van der Waals surface area contributed by atoms with Gasteiger partial charge in [-0.1, -0.05) is 39.5 Å². The third-order valence-corrected chi connectivity index (χ3v) is 4.08. The molecule has 1 atom stereocenters. The average molecular weight is 346 g/mol. The molecule has 1 rings (SSSR count). The molecule has 0 saturated carbocycles. The Morgan fingerprint density at radius 3 is 2.80 bits per heavy atom. The Bertz CT molecular complexity index is 368. The van der Waals surface area contributed by atoms with E-state index in [1.165, 1.54) is 31.4 Å². The predicted molar refractivity (Wildman–Crippen MR) is 87.0 cm³/mol. The molecule has 0 saturated heterocycles. The number of nitrogens with zero attached hydrogens (tertiary/aromatic N) is 2. The number of rotatable bonds is 11. The number of aromatic nitrogens is 2. The molecule has 0 radical (unpaired) electrons. The van der Waals surface area contributed by atoms with Crippen LogP contribution in [0, 0.1) is 0 Å². The molecule has 0 spiro atoms. The summed E-state index contributed by atoms with van der Waals surface area (Å²) in [6.45, 7) is 6.87. The number of methoxy groups -OCH3 is 1. The van der Waals surface area contributed by atoms with Crippen LogP contribution in [0.15, 0.2) is 10.7 Å². The summed E-state index contributed by atoms with van der Waals surface area (Å²) in [7, 11) is 1.73. The molecule has 1 aromatic rings. The van der Waals surface area contributed by atoms with Crippen LogP contribution in [0.1, 0.15) is 57.7 Å². The molecule has 0 aromatic carbocycles. The van der Waals surface area contributed by atoms with Gasteiger partial charge in [0.25, 0.3) is 0 Å². The van der Waals surface area contributed by atoms with Gasteiger partial charge in [-0.05, 0) is 28.9 Å². The van der Waals surface area contributed by atoms with E-state index in [1.807, 2.05) is 6.20 Å². The van der Waals surface area contributed by atoms with Crippen molar-refractivity contribution in [2.45, 2.75) is 58.5 Å². The van der Waals surface area contributed by atoms with Gasteiger partial charge >= 0.3 is 0 Å². The highest BCUT2D eigenvalue weighted by atomic mass is 79.9. The molecular formula is C15H28BrN3O. The van der Waals surface area contributed by atoms with Gasteiger partial charge in [-0.15, -0.1) is 0 Å². The number of halogens is 1. The van der Waals surface area contributed by atoms with Gasteiger partial charge in [0.2, 0.25) is 0 Å². The van der Waals surface area contributed by atoms with E-state index in [0.717, 1.165) is 24.0 Å². The van der Waals surface area contributed by atoms with Crippen LogP contribution in [0.3, 0.4) is 0 Å². The Morgan fingerprint density at radius 2 is 2.15 bits per heavy atom. The number of hydrogen-bond acceptors (Lipinski definition) is 3. The van der Waals surface area contributed by atoms with E-state index < -0.39 is 0 Å². The van der Waals surface area contributed by atoms with E-state index in [4.69, 9.17) is 4.74 Å². The third kappa shape index (κ3) is 5.54. The lowest BCUT2D eigenvalue weighted by Gasteiger charge is -2.20. The predicted octanol–water partition coefficient (Wildman–Crippen LogP) is 3.91. The average Bonchev–Trinajstić information content (AvgIpc) is 2.81. The van der Waals surface area contributed by atoms with Crippen molar-refractivity contribution in [1.29, 1.82) is 0 Å². The Balaban J connectivity index is 2.70. The lowest BCUT2D eigenvalue weighted by atomic mass is 10.0. The van der Waals surface area contributed by atoms with E-state index in [9.17, 15) is 0 Å². The fraction of sp³-hybridized carbons (Fsp3) is 0.800. The van der Waals surface area contributed by atoms with Crippen LogP contribution in [0.4, 0.5) is 0 Å². The summed E-state index contributed by atoms with van der Waals surface area (Å²) in [5.74, 6) is 0. The monoisotopic (exact) mass is 345 g/mol. The lowest BCUT2D eigenvalue weighted by molar-refractivity contribution is 0.181. The van der Waals surface area contributed by atoms with Crippen molar-refractivity contribution in [3.05, 3.63) is 16.4 Å². The van der Waals surface area contributed by atoms with Crippen molar-refractivity contribution >= 4 is 15.9 Å². The minimum Gasteiger partial charge on any atom is -0.383 e. The standard InChI is InChI=1S/C15H28BrN3O/c1-4-6-7-8-9-14(17-5-2)15-13(16)12-18-19(15)10-11-20-3/h12,14,17H,4-11H2,1-3H3. The van der Waals surface area contributed by atoms with Crippen molar-refractivity contribution in [3.8, 4) is 0 Å². The van der Waals surface area contributed by atoms with Crippen molar-refractivity contribution in [2.24, 2.45) is 0 Å². The zero-order valence-corrected chi connectivity index (χ0v) is 14.6. The highest BCUT2D eigenvalue weighted by Crippen LogP contribution is 2.27. The molecule has 0 fully saturated rings. The molecule has 116 valence electrons. The number of nitrogens with one attached hydrogen (secondary N) is 1. The van der Waals surface area contributed by atoms with Gasteiger partial charge in [-0.25, -0.2) is 0 Å². The van der Waals surface area contributed by atoms with Crippen LogP contribution in [-0.2, 0) is 11.3 Å². The zero-order valence-electron chi connectivity index (χ0n) is 13.0. The van der Waals surface area contributed by atoms with Crippen LogP contribution in [0.2, 0.25) is 0 Å². The van der Waals surface area contributed by atoms with Gasteiger partial charge in [0.15, 0.2) is 0 Å². The third-order valence-electron chi connectivity index (χ3n) is 3.47. The molecule has 0 amide bonds. The minimum atomic E-state index is 0.366. The molecule has 1 heterocycles. The van der Waals surface area contributed by atoms with Gasteiger partial charge in [0, 0.05) is 7.11 Å².